The number of ether oxygens (including phenoxy) is 1. The number of hydrogen-bond acceptors (Lipinski definition) is 12. The number of halogens is 2. The van der Waals surface area contributed by atoms with Crippen molar-refractivity contribution in [3.8, 4) is 5.75 Å². The Morgan fingerprint density at radius 3 is 2.42 bits per heavy atom. The fourth-order valence-electron chi connectivity index (χ4n) is 8.31. The number of anilines is 1. The molecule has 2 saturated heterocycles. The summed E-state index contributed by atoms with van der Waals surface area (Å²) in [6.45, 7) is 6.83. The molecule has 342 valence electrons. The minimum Gasteiger partial charge on any atom is -0.426 e. The molecule has 0 radical (unpaired) electrons. The van der Waals surface area contributed by atoms with Gasteiger partial charge in [-0.25, -0.2) is 14.4 Å². The molecule has 7 N–H and O–H groups in total. The Labute approximate surface area is 385 Å². The summed E-state index contributed by atoms with van der Waals surface area (Å²) in [6, 6.07) is 16.5. The molecule has 15 nitrogen and oxygen atoms in total. The van der Waals surface area contributed by atoms with Crippen LogP contribution in [-0.2, 0) is 43.5 Å². The highest BCUT2D eigenvalue weighted by molar-refractivity contribution is 7.16. The Bertz CT molecular complexity index is 2540. The van der Waals surface area contributed by atoms with Gasteiger partial charge in [0.15, 0.2) is 0 Å². The summed E-state index contributed by atoms with van der Waals surface area (Å²) >= 11 is 7.61. The average molecular weight is 927 g/mol. The third-order valence-electron chi connectivity index (χ3n) is 11.9. The Balaban J connectivity index is 0.879. The minimum atomic E-state index is -0.846. The van der Waals surface area contributed by atoms with Crippen molar-refractivity contribution in [3.63, 3.8) is 0 Å². The number of carbonyl (C=O) groups excluding carboxylic acids is 5. The standard InChI is InChI=1S/C47H53ClFN9O6S/c1-26-34(7-11-41(50)55-26)23-53-44(61)28(3)57-46(63)40-19-30(16-29-4-10-38(49)37(48)18-29)25-58(40)14-12-42(59)64-36-8-5-32(6-9-36)35-20-39(51-24-35)45(62)56-27(2)43(60)52-21-31-17-33-13-15-65-47(33)54-22-31/h4-11,13,15,17-18,22,27-28,30,35,39-40,51H,12,14,16,19-21,23-25H2,1-3H3,(H2,50,55)(H,52,60)(H,53,61)(H,56,62)(H,57,63)/t27-,28-,30-,35-,39+,40+/m0/s1. The molecule has 3 aromatic heterocycles. The topological polar surface area (TPSA) is 210 Å². The predicted octanol–water partition coefficient (Wildman–Crippen LogP) is 4.69. The fraction of sp³-hybridized carbons (Fsp3) is 0.383. The zero-order valence-corrected chi connectivity index (χ0v) is 37.9. The molecule has 0 aliphatic carbocycles. The molecule has 18 heteroatoms. The van der Waals surface area contributed by atoms with E-state index in [9.17, 15) is 28.4 Å². The first-order valence-corrected chi connectivity index (χ1v) is 22.9. The molecule has 2 fully saturated rings. The second-order valence-corrected chi connectivity index (χ2v) is 18.1. The van der Waals surface area contributed by atoms with E-state index in [1.807, 2.05) is 34.5 Å². The van der Waals surface area contributed by atoms with Crippen LogP contribution >= 0.6 is 22.9 Å². The number of amides is 4. The first-order valence-electron chi connectivity index (χ1n) is 21.6. The number of carbonyl (C=O) groups is 5. The van der Waals surface area contributed by atoms with Crippen molar-refractivity contribution in [3.05, 3.63) is 117 Å². The van der Waals surface area contributed by atoms with Crippen LogP contribution in [0.1, 0.15) is 67.0 Å². The molecule has 2 aliphatic rings. The van der Waals surface area contributed by atoms with Gasteiger partial charge in [-0.1, -0.05) is 35.9 Å². The van der Waals surface area contributed by atoms with Gasteiger partial charge in [-0.05, 0) is 122 Å². The highest BCUT2D eigenvalue weighted by atomic mass is 35.5. The molecule has 2 aromatic carbocycles. The lowest BCUT2D eigenvalue weighted by molar-refractivity contribution is -0.135. The van der Waals surface area contributed by atoms with E-state index in [2.05, 4.69) is 36.6 Å². The number of nitrogens with zero attached hydrogens (tertiary/aromatic N) is 3. The number of nitrogen functional groups attached to an aromatic ring is 1. The van der Waals surface area contributed by atoms with Gasteiger partial charge in [-0.2, -0.15) is 0 Å². The lowest BCUT2D eigenvalue weighted by atomic mass is 9.96. The van der Waals surface area contributed by atoms with Crippen LogP contribution in [0.25, 0.3) is 10.2 Å². The number of pyridine rings is 2. The fourth-order valence-corrected chi connectivity index (χ4v) is 9.23. The SMILES string of the molecule is Cc1nc(N)ccc1CNC(=O)[C@H](C)NC(=O)[C@H]1C[C@H](Cc2ccc(F)c(Cl)c2)CN1CCC(=O)Oc1ccc([C@@H]2CN[C@@H](C(=O)N[C@@H](C)C(=O)NCc3cnc4sccc4c3)C2)cc1. The molecule has 2 aliphatic heterocycles. The van der Waals surface area contributed by atoms with E-state index in [0.717, 1.165) is 32.5 Å². The number of fused-ring (bicyclic) bond motifs is 1. The van der Waals surface area contributed by atoms with Crippen molar-refractivity contribution in [2.75, 3.05) is 25.4 Å². The van der Waals surface area contributed by atoms with Crippen LogP contribution in [0.4, 0.5) is 10.2 Å². The van der Waals surface area contributed by atoms with E-state index < -0.39 is 36.0 Å². The number of benzene rings is 2. The lowest BCUT2D eigenvalue weighted by Crippen LogP contribution is -2.51. The van der Waals surface area contributed by atoms with E-state index in [4.69, 9.17) is 22.1 Å². The number of rotatable bonds is 17. The minimum absolute atomic E-state index is 0.00645. The maximum absolute atomic E-state index is 13.9. The third kappa shape index (κ3) is 12.4. The van der Waals surface area contributed by atoms with E-state index in [1.165, 1.54) is 6.07 Å². The number of nitrogens with one attached hydrogen (secondary N) is 5. The van der Waals surface area contributed by atoms with Gasteiger partial charge in [0, 0.05) is 50.0 Å². The van der Waals surface area contributed by atoms with Crippen molar-refractivity contribution >= 4 is 68.6 Å². The van der Waals surface area contributed by atoms with E-state index in [0.29, 0.717) is 56.2 Å². The van der Waals surface area contributed by atoms with Crippen LogP contribution in [0.3, 0.4) is 0 Å². The van der Waals surface area contributed by atoms with Gasteiger partial charge < -0.3 is 37.1 Å². The second kappa shape index (κ2) is 21.3. The van der Waals surface area contributed by atoms with Gasteiger partial charge in [0.2, 0.25) is 23.6 Å². The third-order valence-corrected chi connectivity index (χ3v) is 13.1. The summed E-state index contributed by atoms with van der Waals surface area (Å²) < 4.78 is 19.6. The first-order chi connectivity index (χ1) is 31.2. The van der Waals surface area contributed by atoms with Gasteiger partial charge in [-0.3, -0.25) is 28.9 Å². The van der Waals surface area contributed by atoms with Crippen LogP contribution in [0.15, 0.2) is 78.3 Å². The molecule has 0 saturated carbocycles. The average Bonchev–Trinajstić information content (AvgIpc) is 4.06. The first kappa shape index (κ1) is 47.0. The van der Waals surface area contributed by atoms with Gasteiger partial charge in [0.05, 0.1) is 23.5 Å². The molecule has 0 unspecified atom stereocenters. The van der Waals surface area contributed by atoms with Crippen LogP contribution < -0.4 is 37.1 Å². The lowest BCUT2D eigenvalue weighted by Gasteiger charge is -2.25. The zero-order chi connectivity index (χ0) is 46.2. The summed E-state index contributed by atoms with van der Waals surface area (Å²) in [5.41, 5.74) is 9.91. The highest BCUT2D eigenvalue weighted by Gasteiger charge is 2.38. The number of esters is 1. The summed E-state index contributed by atoms with van der Waals surface area (Å²) in [4.78, 5) is 77.3. The number of aryl methyl sites for hydroxylation is 1. The normalized spacial score (nSPS) is 19.3. The highest BCUT2D eigenvalue weighted by Crippen LogP contribution is 2.30. The number of hydrogen-bond donors (Lipinski definition) is 6. The van der Waals surface area contributed by atoms with E-state index in [1.54, 1.807) is 74.7 Å². The molecule has 5 heterocycles. The van der Waals surface area contributed by atoms with Crippen molar-refractivity contribution < 1.29 is 33.1 Å². The molecule has 0 bridgehead atoms. The molecular weight excluding hydrogens is 873 g/mol. The molecule has 7 rings (SSSR count). The Morgan fingerprint density at radius 1 is 0.938 bits per heavy atom. The van der Waals surface area contributed by atoms with Gasteiger partial charge in [0.1, 0.15) is 34.3 Å². The maximum Gasteiger partial charge on any atom is 0.312 e. The van der Waals surface area contributed by atoms with Crippen LogP contribution in [0.5, 0.6) is 5.75 Å². The Hall–Kier alpha value is -6.01. The number of aromatic nitrogens is 2. The molecule has 6 atom stereocenters. The van der Waals surface area contributed by atoms with Crippen molar-refractivity contribution in [1.29, 1.82) is 0 Å². The van der Waals surface area contributed by atoms with E-state index in [-0.39, 0.29) is 60.0 Å². The molecule has 65 heavy (non-hydrogen) atoms. The largest absolute Gasteiger partial charge is 0.426 e. The van der Waals surface area contributed by atoms with Gasteiger partial charge in [-0.15, -0.1) is 11.3 Å². The molecule has 4 amide bonds. The maximum atomic E-state index is 13.9. The predicted molar refractivity (Wildman–Crippen MR) is 246 cm³/mol. The second-order valence-electron chi connectivity index (χ2n) is 16.8. The van der Waals surface area contributed by atoms with Crippen LogP contribution in [0, 0.1) is 18.7 Å². The summed E-state index contributed by atoms with van der Waals surface area (Å²) in [5, 5.41) is 17.6. The smallest absolute Gasteiger partial charge is 0.312 e. The number of nitrogens with two attached hydrogens (primary N) is 1. The quantitative estimate of drug-likeness (QED) is 0.0557. The van der Waals surface area contributed by atoms with Crippen molar-refractivity contribution in [2.24, 2.45) is 5.92 Å². The molecule has 5 aromatic rings. The van der Waals surface area contributed by atoms with Crippen molar-refractivity contribution in [2.45, 2.75) is 89.6 Å². The number of likely N-dealkylation sites (tertiary alicyclic amines) is 1. The number of thiophene rings is 1. The zero-order valence-electron chi connectivity index (χ0n) is 36.4. The monoisotopic (exact) mass is 925 g/mol. The van der Waals surface area contributed by atoms with Crippen molar-refractivity contribution in [1.82, 2.24) is 41.5 Å². The Kier molecular flexibility index (Phi) is 15.4. The van der Waals surface area contributed by atoms with Crippen LogP contribution in [-0.4, -0.2) is 88.3 Å². The summed E-state index contributed by atoms with van der Waals surface area (Å²) in [7, 11) is 0. The summed E-state index contributed by atoms with van der Waals surface area (Å²) in [6.07, 6.45) is 3.23. The Morgan fingerprint density at radius 2 is 1.68 bits per heavy atom. The van der Waals surface area contributed by atoms with E-state index >= 15 is 0 Å². The molecule has 0 spiro atoms. The summed E-state index contributed by atoms with van der Waals surface area (Å²) in [5.74, 6) is -1.52. The molecular formula is C47H53ClFN9O6S. The van der Waals surface area contributed by atoms with Gasteiger partial charge in [0.25, 0.3) is 0 Å². The van der Waals surface area contributed by atoms with Crippen LogP contribution in [0.2, 0.25) is 5.02 Å². The van der Waals surface area contributed by atoms with Gasteiger partial charge >= 0.3 is 5.97 Å².